The number of hydrogen-bond acceptors (Lipinski definition) is 7. The van der Waals surface area contributed by atoms with Gasteiger partial charge >= 0.3 is 6.01 Å². The minimum absolute atomic E-state index is 0.170. The number of nitrogens with zero attached hydrogens (tertiary/aromatic N) is 3. The van der Waals surface area contributed by atoms with Crippen LogP contribution in [0.15, 0.2) is 11.7 Å². The summed E-state index contributed by atoms with van der Waals surface area (Å²) in [4.78, 5) is 24.5. The van der Waals surface area contributed by atoms with Crippen LogP contribution in [0.1, 0.15) is 15.4 Å². The average molecular weight is 280 g/mol. The van der Waals surface area contributed by atoms with Crippen molar-refractivity contribution >= 4 is 22.9 Å². The van der Waals surface area contributed by atoms with Crippen molar-refractivity contribution < 1.29 is 14.3 Å². The molecule has 0 aliphatic rings. The van der Waals surface area contributed by atoms with Gasteiger partial charge in [0.1, 0.15) is 10.6 Å². The number of carbonyl (C=O) groups is 1. The molecule has 1 amide bonds. The second-order valence-corrected chi connectivity index (χ2v) is 4.36. The highest BCUT2D eigenvalue weighted by atomic mass is 32.1. The van der Waals surface area contributed by atoms with E-state index in [0.29, 0.717) is 16.3 Å². The lowest BCUT2D eigenvalue weighted by Gasteiger charge is -2.09. The summed E-state index contributed by atoms with van der Waals surface area (Å²) in [7, 11) is 2.91. The van der Waals surface area contributed by atoms with E-state index in [0.717, 1.165) is 0 Å². The van der Waals surface area contributed by atoms with Gasteiger partial charge in [-0.3, -0.25) is 4.79 Å². The molecule has 0 saturated carbocycles. The largest absolute Gasteiger partial charge is 0.479 e. The van der Waals surface area contributed by atoms with E-state index in [9.17, 15) is 4.79 Å². The molecule has 2 aromatic rings. The van der Waals surface area contributed by atoms with E-state index in [1.54, 1.807) is 12.4 Å². The number of aryl methyl sites for hydroxylation is 1. The molecule has 19 heavy (non-hydrogen) atoms. The monoisotopic (exact) mass is 280 g/mol. The van der Waals surface area contributed by atoms with Gasteiger partial charge in [0.2, 0.25) is 5.88 Å². The number of amides is 1. The average Bonchev–Trinajstić information content (AvgIpc) is 2.85. The highest BCUT2D eigenvalue weighted by Gasteiger charge is 2.15. The van der Waals surface area contributed by atoms with Crippen LogP contribution in [0, 0.1) is 6.92 Å². The number of anilines is 1. The fraction of sp³-hybridized carbons (Fsp3) is 0.273. The molecule has 7 nitrogen and oxygen atoms in total. The molecule has 0 aliphatic heterocycles. The maximum atomic E-state index is 12.0. The molecule has 0 radical (unpaired) electrons. The highest BCUT2D eigenvalue weighted by molar-refractivity contribution is 7.12. The molecule has 8 heteroatoms. The van der Waals surface area contributed by atoms with Gasteiger partial charge in [0, 0.05) is 0 Å². The molecular formula is C11H12N4O3S. The summed E-state index contributed by atoms with van der Waals surface area (Å²) >= 11 is 1.27. The van der Waals surface area contributed by atoms with Crippen molar-refractivity contribution in [3.05, 3.63) is 22.3 Å². The van der Waals surface area contributed by atoms with Crippen molar-refractivity contribution in [1.82, 2.24) is 15.0 Å². The lowest BCUT2D eigenvalue weighted by atomic mass is 10.3. The van der Waals surface area contributed by atoms with Gasteiger partial charge in [-0.1, -0.05) is 0 Å². The first-order valence-electron chi connectivity index (χ1n) is 5.32. The number of ether oxygens (including phenoxy) is 2. The maximum Gasteiger partial charge on any atom is 0.319 e. The predicted molar refractivity (Wildman–Crippen MR) is 69.9 cm³/mol. The summed E-state index contributed by atoms with van der Waals surface area (Å²) in [5.74, 6) is -0.0329. The van der Waals surface area contributed by atoms with Crippen molar-refractivity contribution in [2.24, 2.45) is 0 Å². The fourth-order valence-electron chi connectivity index (χ4n) is 1.39. The van der Waals surface area contributed by atoms with Crippen molar-refractivity contribution in [3.63, 3.8) is 0 Å². The molecule has 0 bridgehead atoms. The molecule has 1 N–H and O–H groups in total. The number of carbonyl (C=O) groups excluding carboxylic acids is 1. The zero-order chi connectivity index (χ0) is 13.8. The van der Waals surface area contributed by atoms with Crippen LogP contribution in [0.25, 0.3) is 0 Å². The fourth-order valence-corrected chi connectivity index (χ4v) is 2.09. The number of methoxy groups -OCH3 is 2. The SMILES string of the molecule is COc1ncc(NC(=O)c2scnc2C)c(OC)n1. The molecule has 0 fully saturated rings. The number of thiazole rings is 1. The minimum atomic E-state index is -0.271. The summed E-state index contributed by atoms with van der Waals surface area (Å²) in [5.41, 5.74) is 2.67. The number of rotatable bonds is 4. The molecule has 0 aliphatic carbocycles. The molecule has 2 heterocycles. The van der Waals surface area contributed by atoms with E-state index < -0.39 is 0 Å². The maximum absolute atomic E-state index is 12.0. The van der Waals surface area contributed by atoms with Gasteiger partial charge in [-0.2, -0.15) is 4.98 Å². The zero-order valence-electron chi connectivity index (χ0n) is 10.6. The molecule has 2 aromatic heterocycles. The Morgan fingerprint density at radius 2 is 2.11 bits per heavy atom. The van der Waals surface area contributed by atoms with Crippen LogP contribution in [0.5, 0.6) is 11.9 Å². The summed E-state index contributed by atoms with van der Waals surface area (Å²) in [6.07, 6.45) is 1.43. The third-order valence-corrected chi connectivity index (χ3v) is 3.23. The molecule has 0 aromatic carbocycles. The molecular weight excluding hydrogens is 268 g/mol. The Labute approximate surface area is 113 Å². The van der Waals surface area contributed by atoms with Gasteiger partial charge in [0.05, 0.1) is 31.6 Å². The Kier molecular flexibility index (Phi) is 3.91. The van der Waals surface area contributed by atoms with Crippen molar-refractivity contribution in [2.75, 3.05) is 19.5 Å². The van der Waals surface area contributed by atoms with Gasteiger partial charge in [-0.25, -0.2) is 9.97 Å². The number of hydrogen-bond donors (Lipinski definition) is 1. The van der Waals surface area contributed by atoms with E-state index >= 15 is 0 Å². The third-order valence-electron chi connectivity index (χ3n) is 2.31. The second-order valence-electron chi connectivity index (χ2n) is 3.50. The standard InChI is InChI=1S/C11H12N4O3S/c1-6-8(19-5-13-6)9(16)14-7-4-12-11(18-3)15-10(7)17-2/h4-5H,1-3H3,(H,14,16). The normalized spacial score (nSPS) is 10.1. The molecule has 2 rings (SSSR count). The van der Waals surface area contributed by atoms with E-state index in [2.05, 4.69) is 20.3 Å². The first-order chi connectivity index (χ1) is 9.15. The molecule has 0 spiro atoms. The molecule has 100 valence electrons. The van der Waals surface area contributed by atoms with Crippen LogP contribution >= 0.6 is 11.3 Å². The minimum Gasteiger partial charge on any atom is -0.479 e. The third kappa shape index (κ3) is 2.79. The Morgan fingerprint density at radius 1 is 1.32 bits per heavy atom. The van der Waals surface area contributed by atoms with Crippen molar-refractivity contribution in [2.45, 2.75) is 6.92 Å². The zero-order valence-corrected chi connectivity index (χ0v) is 11.4. The van der Waals surface area contributed by atoms with Crippen LogP contribution in [0.4, 0.5) is 5.69 Å². The van der Waals surface area contributed by atoms with E-state index in [4.69, 9.17) is 9.47 Å². The number of aromatic nitrogens is 3. The van der Waals surface area contributed by atoms with E-state index in [-0.39, 0.29) is 17.8 Å². The smallest absolute Gasteiger partial charge is 0.319 e. The van der Waals surface area contributed by atoms with Gasteiger partial charge in [0.15, 0.2) is 0 Å². The van der Waals surface area contributed by atoms with Gasteiger partial charge in [0.25, 0.3) is 5.91 Å². The lowest BCUT2D eigenvalue weighted by Crippen LogP contribution is -2.13. The summed E-state index contributed by atoms with van der Waals surface area (Å²) in [5, 5.41) is 2.68. The van der Waals surface area contributed by atoms with Crippen molar-refractivity contribution in [3.8, 4) is 11.9 Å². The van der Waals surface area contributed by atoms with Crippen LogP contribution in [0.2, 0.25) is 0 Å². The van der Waals surface area contributed by atoms with Gasteiger partial charge in [-0.15, -0.1) is 11.3 Å². The van der Waals surface area contributed by atoms with Crippen LogP contribution in [-0.4, -0.2) is 35.1 Å². The van der Waals surface area contributed by atoms with E-state index in [1.807, 2.05) is 0 Å². The second kappa shape index (κ2) is 5.61. The topological polar surface area (TPSA) is 86.2 Å². The number of nitrogens with one attached hydrogen (secondary N) is 1. The first-order valence-corrected chi connectivity index (χ1v) is 6.20. The summed E-state index contributed by atoms with van der Waals surface area (Å²) < 4.78 is 9.96. The molecule has 0 saturated heterocycles. The Hall–Kier alpha value is -2.22. The Balaban J connectivity index is 2.24. The lowest BCUT2D eigenvalue weighted by molar-refractivity contribution is 0.102. The highest BCUT2D eigenvalue weighted by Crippen LogP contribution is 2.24. The Bertz CT molecular complexity index is 599. The quantitative estimate of drug-likeness (QED) is 0.913. The summed E-state index contributed by atoms with van der Waals surface area (Å²) in [6, 6.07) is 0.170. The van der Waals surface area contributed by atoms with E-state index in [1.165, 1.54) is 31.8 Å². The Morgan fingerprint density at radius 3 is 2.68 bits per heavy atom. The van der Waals surface area contributed by atoms with Crippen molar-refractivity contribution in [1.29, 1.82) is 0 Å². The van der Waals surface area contributed by atoms with Gasteiger partial charge in [-0.05, 0) is 6.92 Å². The van der Waals surface area contributed by atoms with Crippen LogP contribution < -0.4 is 14.8 Å². The molecule has 0 unspecified atom stereocenters. The van der Waals surface area contributed by atoms with Gasteiger partial charge < -0.3 is 14.8 Å². The molecule has 0 atom stereocenters. The first kappa shape index (κ1) is 13.2. The predicted octanol–water partition coefficient (Wildman–Crippen LogP) is 1.51. The van der Waals surface area contributed by atoms with Crippen LogP contribution in [-0.2, 0) is 0 Å². The van der Waals surface area contributed by atoms with Crippen LogP contribution in [0.3, 0.4) is 0 Å². The summed E-state index contributed by atoms with van der Waals surface area (Å²) in [6.45, 7) is 1.77.